The lowest BCUT2D eigenvalue weighted by Gasteiger charge is -2.21. The van der Waals surface area contributed by atoms with E-state index in [4.69, 9.17) is 5.73 Å². The van der Waals surface area contributed by atoms with Crippen LogP contribution in [0.15, 0.2) is 48.5 Å². The van der Waals surface area contributed by atoms with Crippen LogP contribution < -0.4 is 5.73 Å². The summed E-state index contributed by atoms with van der Waals surface area (Å²) in [7, 11) is 0. The lowest BCUT2D eigenvalue weighted by Crippen LogP contribution is -2.20. The third-order valence-corrected chi connectivity index (χ3v) is 3.28. The number of aliphatic hydroxyl groups is 1. The standard InChI is InChI=1S/C16H19NO/c1-11-8-9-12(2)14(10-11)16(18)15(17)13-6-4-3-5-7-13/h3-10,15-16,18H,17H2,1-2H3. The molecule has 2 unspecified atom stereocenters. The van der Waals surface area contributed by atoms with Crippen LogP contribution in [0.2, 0.25) is 0 Å². The molecule has 2 rings (SSSR count). The first-order chi connectivity index (χ1) is 8.59. The SMILES string of the molecule is Cc1ccc(C)c(C(O)C(N)c2ccccc2)c1. The summed E-state index contributed by atoms with van der Waals surface area (Å²) in [6.45, 7) is 4.01. The molecule has 3 N–H and O–H groups in total. The lowest BCUT2D eigenvalue weighted by molar-refractivity contribution is 0.146. The molecule has 0 fully saturated rings. The Labute approximate surface area is 108 Å². The first-order valence-electron chi connectivity index (χ1n) is 6.15. The molecule has 0 aliphatic rings. The summed E-state index contributed by atoms with van der Waals surface area (Å²) in [5.41, 5.74) is 10.2. The Kier molecular flexibility index (Phi) is 3.80. The predicted octanol–water partition coefficient (Wildman–Crippen LogP) is 3.04. The van der Waals surface area contributed by atoms with Gasteiger partial charge in [-0.3, -0.25) is 0 Å². The highest BCUT2D eigenvalue weighted by Gasteiger charge is 2.20. The molecule has 18 heavy (non-hydrogen) atoms. The van der Waals surface area contributed by atoms with E-state index in [1.165, 1.54) is 0 Å². The van der Waals surface area contributed by atoms with Gasteiger partial charge in [0.1, 0.15) is 0 Å². The van der Waals surface area contributed by atoms with E-state index in [-0.39, 0.29) is 0 Å². The normalized spacial score (nSPS) is 14.2. The molecule has 0 aliphatic carbocycles. The van der Waals surface area contributed by atoms with Gasteiger partial charge in [0.25, 0.3) is 0 Å². The zero-order valence-corrected chi connectivity index (χ0v) is 10.8. The molecule has 94 valence electrons. The quantitative estimate of drug-likeness (QED) is 0.867. The monoisotopic (exact) mass is 241 g/mol. The van der Waals surface area contributed by atoms with E-state index in [0.29, 0.717) is 0 Å². The fourth-order valence-corrected chi connectivity index (χ4v) is 2.13. The number of rotatable bonds is 3. The van der Waals surface area contributed by atoms with Crippen LogP contribution in [0.25, 0.3) is 0 Å². The number of nitrogens with two attached hydrogens (primary N) is 1. The van der Waals surface area contributed by atoms with Crippen molar-refractivity contribution in [1.29, 1.82) is 0 Å². The lowest BCUT2D eigenvalue weighted by atomic mass is 9.93. The molecule has 0 amide bonds. The van der Waals surface area contributed by atoms with Crippen LogP contribution in [0.3, 0.4) is 0 Å². The van der Waals surface area contributed by atoms with Crippen molar-refractivity contribution >= 4 is 0 Å². The number of aliphatic hydroxyl groups excluding tert-OH is 1. The predicted molar refractivity (Wildman–Crippen MR) is 74.2 cm³/mol. The number of benzene rings is 2. The number of aryl methyl sites for hydroxylation is 2. The fourth-order valence-electron chi connectivity index (χ4n) is 2.13. The number of hydrogen-bond acceptors (Lipinski definition) is 2. The second-order valence-corrected chi connectivity index (χ2v) is 4.74. The summed E-state index contributed by atoms with van der Waals surface area (Å²) in [5.74, 6) is 0. The van der Waals surface area contributed by atoms with Crippen molar-refractivity contribution in [2.75, 3.05) is 0 Å². The second-order valence-electron chi connectivity index (χ2n) is 4.74. The molecule has 2 nitrogen and oxygen atoms in total. The van der Waals surface area contributed by atoms with E-state index in [0.717, 1.165) is 22.3 Å². The van der Waals surface area contributed by atoms with Crippen LogP contribution in [0, 0.1) is 13.8 Å². The molecule has 0 heterocycles. The molecular formula is C16H19NO. The van der Waals surface area contributed by atoms with Gasteiger partial charge < -0.3 is 10.8 Å². The van der Waals surface area contributed by atoms with Crippen molar-refractivity contribution < 1.29 is 5.11 Å². The molecule has 0 spiro atoms. The summed E-state index contributed by atoms with van der Waals surface area (Å²) < 4.78 is 0. The Bertz CT molecular complexity index is 522. The summed E-state index contributed by atoms with van der Waals surface area (Å²) in [5, 5.41) is 10.4. The first kappa shape index (κ1) is 12.8. The summed E-state index contributed by atoms with van der Waals surface area (Å²) in [6.07, 6.45) is -0.674. The van der Waals surface area contributed by atoms with Crippen LogP contribution in [0.5, 0.6) is 0 Å². The Morgan fingerprint density at radius 2 is 1.67 bits per heavy atom. The smallest absolute Gasteiger partial charge is 0.0985 e. The average molecular weight is 241 g/mol. The number of hydrogen-bond donors (Lipinski definition) is 2. The van der Waals surface area contributed by atoms with Crippen molar-refractivity contribution in [3.05, 3.63) is 70.8 Å². The maximum atomic E-state index is 10.4. The van der Waals surface area contributed by atoms with Crippen LogP contribution in [-0.2, 0) is 0 Å². The van der Waals surface area contributed by atoms with Gasteiger partial charge in [-0.2, -0.15) is 0 Å². The highest BCUT2D eigenvalue weighted by atomic mass is 16.3. The molecule has 0 radical (unpaired) electrons. The zero-order valence-electron chi connectivity index (χ0n) is 10.8. The minimum atomic E-state index is -0.674. The van der Waals surface area contributed by atoms with Crippen molar-refractivity contribution in [2.24, 2.45) is 5.73 Å². The van der Waals surface area contributed by atoms with Gasteiger partial charge in [0.15, 0.2) is 0 Å². The molecule has 0 aromatic heterocycles. The maximum Gasteiger partial charge on any atom is 0.0985 e. The summed E-state index contributed by atoms with van der Waals surface area (Å²) in [6, 6.07) is 15.4. The van der Waals surface area contributed by atoms with Gasteiger partial charge in [-0.25, -0.2) is 0 Å². The van der Waals surface area contributed by atoms with Crippen LogP contribution >= 0.6 is 0 Å². The third kappa shape index (κ3) is 2.61. The van der Waals surface area contributed by atoms with Gasteiger partial charge in [-0.1, -0.05) is 54.1 Å². The third-order valence-electron chi connectivity index (χ3n) is 3.28. The average Bonchev–Trinajstić information content (AvgIpc) is 2.41. The van der Waals surface area contributed by atoms with E-state index in [1.807, 2.05) is 62.4 Å². The molecule has 2 aromatic carbocycles. The van der Waals surface area contributed by atoms with Crippen molar-refractivity contribution in [3.8, 4) is 0 Å². The van der Waals surface area contributed by atoms with Gasteiger partial charge in [0.05, 0.1) is 12.1 Å². The van der Waals surface area contributed by atoms with Crippen LogP contribution in [0.4, 0.5) is 0 Å². The van der Waals surface area contributed by atoms with Crippen LogP contribution in [0.1, 0.15) is 34.4 Å². The molecule has 0 saturated heterocycles. The maximum absolute atomic E-state index is 10.4. The topological polar surface area (TPSA) is 46.2 Å². The minimum Gasteiger partial charge on any atom is -0.386 e. The zero-order chi connectivity index (χ0) is 13.1. The van der Waals surface area contributed by atoms with Gasteiger partial charge in [-0.05, 0) is 30.5 Å². The molecule has 0 aliphatic heterocycles. The Hall–Kier alpha value is -1.64. The molecular weight excluding hydrogens is 222 g/mol. The van der Waals surface area contributed by atoms with E-state index < -0.39 is 12.1 Å². The summed E-state index contributed by atoms with van der Waals surface area (Å²) >= 11 is 0. The van der Waals surface area contributed by atoms with Gasteiger partial charge >= 0.3 is 0 Å². The largest absolute Gasteiger partial charge is 0.386 e. The van der Waals surface area contributed by atoms with E-state index in [9.17, 15) is 5.11 Å². The van der Waals surface area contributed by atoms with Crippen molar-refractivity contribution in [2.45, 2.75) is 26.0 Å². The first-order valence-corrected chi connectivity index (χ1v) is 6.15. The Morgan fingerprint density at radius 1 is 1.00 bits per heavy atom. The van der Waals surface area contributed by atoms with Crippen molar-refractivity contribution in [1.82, 2.24) is 0 Å². The molecule has 0 saturated carbocycles. The molecule has 2 aromatic rings. The van der Waals surface area contributed by atoms with E-state index in [1.54, 1.807) is 0 Å². The Balaban J connectivity index is 2.31. The van der Waals surface area contributed by atoms with E-state index in [2.05, 4.69) is 0 Å². The molecule has 0 bridgehead atoms. The summed E-state index contributed by atoms with van der Waals surface area (Å²) in [4.78, 5) is 0. The van der Waals surface area contributed by atoms with Gasteiger partial charge in [-0.15, -0.1) is 0 Å². The van der Waals surface area contributed by atoms with Gasteiger partial charge in [0.2, 0.25) is 0 Å². The Morgan fingerprint density at radius 3 is 2.33 bits per heavy atom. The highest BCUT2D eigenvalue weighted by Crippen LogP contribution is 2.29. The minimum absolute atomic E-state index is 0.397. The molecule has 2 atom stereocenters. The van der Waals surface area contributed by atoms with E-state index >= 15 is 0 Å². The van der Waals surface area contributed by atoms with Crippen molar-refractivity contribution in [3.63, 3.8) is 0 Å². The van der Waals surface area contributed by atoms with Crippen LogP contribution in [-0.4, -0.2) is 5.11 Å². The highest BCUT2D eigenvalue weighted by molar-refractivity contribution is 5.34. The second kappa shape index (κ2) is 5.34. The molecule has 2 heteroatoms. The fraction of sp³-hybridized carbons (Fsp3) is 0.250. The van der Waals surface area contributed by atoms with Gasteiger partial charge in [0, 0.05) is 0 Å².